The Labute approximate surface area is 105 Å². The van der Waals surface area contributed by atoms with Crippen LogP contribution in [0.25, 0.3) is 0 Å². The van der Waals surface area contributed by atoms with Crippen molar-refractivity contribution in [3.8, 4) is 0 Å². The standard InChI is InChI=1S/C11H16ClN3O2/c1-4-14(5-2)9-6-13-15(7-8(3)16)11(17)10(9)12/h6H,4-5,7H2,1-3H3. The normalized spacial score (nSPS) is 10.4. The highest BCUT2D eigenvalue weighted by Gasteiger charge is 2.13. The number of aromatic nitrogens is 2. The number of carbonyl (C=O) groups excluding carboxylic acids is 1. The van der Waals surface area contributed by atoms with Crippen molar-refractivity contribution in [2.45, 2.75) is 27.3 Å². The van der Waals surface area contributed by atoms with Crippen molar-refractivity contribution in [3.05, 3.63) is 21.6 Å². The predicted octanol–water partition coefficient (Wildman–Crippen LogP) is 1.33. The number of anilines is 1. The molecule has 1 rings (SSSR count). The Balaban J connectivity index is 3.19. The molecule has 0 aliphatic rings. The van der Waals surface area contributed by atoms with Crippen LogP contribution in [0.3, 0.4) is 0 Å². The van der Waals surface area contributed by atoms with Crippen LogP contribution in [0.4, 0.5) is 5.69 Å². The van der Waals surface area contributed by atoms with Gasteiger partial charge in [0.1, 0.15) is 11.6 Å². The average molecular weight is 258 g/mol. The summed E-state index contributed by atoms with van der Waals surface area (Å²) in [6.07, 6.45) is 1.53. The molecule has 6 heteroatoms. The Kier molecular flexibility index (Phi) is 4.69. The van der Waals surface area contributed by atoms with Gasteiger partial charge in [-0.2, -0.15) is 5.10 Å². The molecule has 0 radical (unpaired) electrons. The van der Waals surface area contributed by atoms with Crippen LogP contribution in [0.1, 0.15) is 20.8 Å². The van der Waals surface area contributed by atoms with Crippen molar-refractivity contribution in [2.24, 2.45) is 0 Å². The Morgan fingerprint density at radius 1 is 1.47 bits per heavy atom. The van der Waals surface area contributed by atoms with Crippen LogP contribution in [0, 0.1) is 0 Å². The number of ketones is 1. The average Bonchev–Trinajstić information content (AvgIpc) is 2.29. The lowest BCUT2D eigenvalue weighted by Crippen LogP contribution is -2.30. The van der Waals surface area contributed by atoms with Crippen LogP contribution in [0.5, 0.6) is 0 Å². The lowest BCUT2D eigenvalue weighted by molar-refractivity contribution is -0.117. The van der Waals surface area contributed by atoms with Gasteiger partial charge < -0.3 is 4.90 Å². The third-order valence-corrected chi connectivity index (χ3v) is 2.80. The summed E-state index contributed by atoms with van der Waals surface area (Å²) in [5.74, 6) is -0.133. The van der Waals surface area contributed by atoms with Crippen molar-refractivity contribution in [1.29, 1.82) is 0 Å². The molecule has 1 aromatic rings. The molecule has 0 saturated heterocycles. The lowest BCUT2D eigenvalue weighted by atomic mass is 10.3. The van der Waals surface area contributed by atoms with E-state index in [2.05, 4.69) is 5.10 Å². The van der Waals surface area contributed by atoms with Gasteiger partial charge in [-0.1, -0.05) is 11.6 Å². The Morgan fingerprint density at radius 3 is 2.53 bits per heavy atom. The summed E-state index contributed by atoms with van der Waals surface area (Å²) in [5, 5.41) is 4.07. The molecule has 0 aromatic carbocycles. The number of rotatable bonds is 5. The first-order valence-corrected chi connectivity index (χ1v) is 5.89. The summed E-state index contributed by atoms with van der Waals surface area (Å²) in [7, 11) is 0. The van der Waals surface area contributed by atoms with E-state index in [1.165, 1.54) is 13.1 Å². The van der Waals surface area contributed by atoms with Gasteiger partial charge in [0.2, 0.25) is 0 Å². The quantitative estimate of drug-likeness (QED) is 0.799. The van der Waals surface area contributed by atoms with Gasteiger partial charge in [0, 0.05) is 13.1 Å². The minimum Gasteiger partial charge on any atom is -0.369 e. The topological polar surface area (TPSA) is 55.2 Å². The molecule has 1 aromatic heterocycles. The molecule has 0 aliphatic heterocycles. The van der Waals surface area contributed by atoms with E-state index in [0.29, 0.717) is 5.69 Å². The zero-order valence-corrected chi connectivity index (χ0v) is 11.0. The zero-order chi connectivity index (χ0) is 13.0. The number of carbonyl (C=O) groups is 1. The molecule has 0 bridgehead atoms. The van der Waals surface area contributed by atoms with Gasteiger partial charge in [-0.05, 0) is 20.8 Å². The molecule has 17 heavy (non-hydrogen) atoms. The third kappa shape index (κ3) is 3.06. The van der Waals surface area contributed by atoms with Crippen LogP contribution in [0.15, 0.2) is 11.0 Å². The molecule has 0 atom stereocenters. The first-order valence-electron chi connectivity index (χ1n) is 5.51. The minimum absolute atomic E-state index is 0.0446. The van der Waals surface area contributed by atoms with Crippen molar-refractivity contribution in [1.82, 2.24) is 9.78 Å². The van der Waals surface area contributed by atoms with Gasteiger partial charge in [0.05, 0.1) is 11.9 Å². The van der Waals surface area contributed by atoms with E-state index >= 15 is 0 Å². The minimum atomic E-state index is -0.425. The molecule has 0 unspecified atom stereocenters. The van der Waals surface area contributed by atoms with E-state index < -0.39 is 5.56 Å². The third-order valence-electron chi connectivity index (χ3n) is 2.44. The fraction of sp³-hybridized carbons (Fsp3) is 0.545. The van der Waals surface area contributed by atoms with E-state index in [-0.39, 0.29) is 17.4 Å². The smallest absolute Gasteiger partial charge is 0.288 e. The van der Waals surface area contributed by atoms with Crippen molar-refractivity contribution in [2.75, 3.05) is 18.0 Å². The number of nitrogens with zero attached hydrogens (tertiary/aromatic N) is 3. The molecule has 1 heterocycles. The van der Waals surface area contributed by atoms with Crippen LogP contribution in [-0.2, 0) is 11.3 Å². The molecular weight excluding hydrogens is 242 g/mol. The van der Waals surface area contributed by atoms with E-state index in [1.54, 1.807) is 0 Å². The summed E-state index contributed by atoms with van der Waals surface area (Å²) < 4.78 is 1.08. The largest absolute Gasteiger partial charge is 0.369 e. The second kappa shape index (κ2) is 5.82. The van der Waals surface area contributed by atoms with Crippen molar-refractivity contribution >= 4 is 23.1 Å². The first-order chi connectivity index (χ1) is 8.01. The summed E-state index contributed by atoms with van der Waals surface area (Å²) in [4.78, 5) is 24.7. The maximum atomic E-state index is 11.9. The Bertz CT molecular complexity index is 466. The highest BCUT2D eigenvalue weighted by atomic mass is 35.5. The van der Waals surface area contributed by atoms with Crippen LogP contribution < -0.4 is 10.5 Å². The van der Waals surface area contributed by atoms with E-state index in [9.17, 15) is 9.59 Å². The monoisotopic (exact) mass is 257 g/mol. The van der Waals surface area contributed by atoms with E-state index in [1.807, 2.05) is 18.7 Å². The van der Waals surface area contributed by atoms with Crippen molar-refractivity contribution in [3.63, 3.8) is 0 Å². The number of Topliss-reactive ketones (excluding diaryl/α,β-unsaturated/α-hetero) is 1. The summed E-state index contributed by atoms with van der Waals surface area (Å²) >= 11 is 6.01. The SMILES string of the molecule is CCN(CC)c1cnn(CC(C)=O)c(=O)c1Cl. The summed E-state index contributed by atoms with van der Waals surface area (Å²) in [6, 6.07) is 0. The molecule has 5 nitrogen and oxygen atoms in total. The van der Waals surface area contributed by atoms with Gasteiger partial charge in [-0.15, -0.1) is 0 Å². The van der Waals surface area contributed by atoms with Crippen LogP contribution >= 0.6 is 11.6 Å². The Morgan fingerprint density at radius 2 is 2.06 bits per heavy atom. The first kappa shape index (κ1) is 13.7. The van der Waals surface area contributed by atoms with Crippen LogP contribution in [0.2, 0.25) is 5.02 Å². The van der Waals surface area contributed by atoms with Crippen LogP contribution in [-0.4, -0.2) is 28.7 Å². The lowest BCUT2D eigenvalue weighted by Gasteiger charge is -2.21. The highest BCUT2D eigenvalue weighted by molar-refractivity contribution is 6.33. The fourth-order valence-corrected chi connectivity index (χ4v) is 1.83. The van der Waals surface area contributed by atoms with E-state index in [0.717, 1.165) is 17.8 Å². The second-order valence-corrected chi connectivity index (χ2v) is 4.06. The predicted molar refractivity (Wildman–Crippen MR) is 67.7 cm³/mol. The number of hydrogen-bond donors (Lipinski definition) is 0. The molecule has 0 spiro atoms. The molecule has 0 saturated carbocycles. The molecule has 0 fully saturated rings. The van der Waals surface area contributed by atoms with Gasteiger partial charge >= 0.3 is 0 Å². The molecule has 94 valence electrons. The van der Waals surface area contributed by atoms with Gasteiger partial charge in [-0.25, -0.2) is 4.68 Å². The maximum absolute atomic E-state index is 11.9. The molecular formula is C11H16ClN3O2. The van der Waals surface area contributed by atoms with Gasteiger partial charge in [-0.3, -0.25) is 9.59 Å². The molecule has 0 N–H and O–H groups in total. The second-order valence-electron chi connectivity index (χ2n) is 3.68. The zero-order valence-electron chi connectivity index (χ0n) is 10.2. The van der Waals surface area contributed by atoms with Gasteiger partial charge in [0.25, 0.3) is 5.56 Å². The summed E-state index contributed by atoms with van der Waals surface area (Å²) in [5.41, 5.74) is 0.188. The summed E-state index contributed by atoms with van der Waals surface area (Å²) in [6.45, 7) is 6.79. The molecule has 0 amide bonds. The number of hydrogen-bond acceptors (Lipinski definition) is 4. The highest BCUT2D eigenvalue weighted by Crippen LogP contribution is 2.20. The van der Waals surface area contributed by atoms with E-state index in [4.69, 9.17) is 11.6 Å². The molecule has 0 aliphatic carbocycles. The fourth-order valence-electron chi connectivity index (χ4n) is 1.56. The number of halogens is 1. The maximum Gasteiger partial charge on any atom is 0.288 e. The Hall–Kier alpha value is -1.36. The van der Waals surface area contributed by atoms with Gasteiger partial charge in [0.15, 0.2) is 5.78 Å². The van der Waals surface area contributed by atoms with Crippen molar-refractivity contribution < 1.29 is 4.79 Å².